The molecule has 3 rings (SSSR count). The number of aromatic nitrogens is 2. The molecule has 2 aromatic rings. The summed E-state index contributed by atoms with van der Waals surface area (Å²) in [7, 11) is 0. The number of hydrogen-bond acceptors (Lipinski definition) is 2. The molecular weight excluding hydrogens is 333 g/mol. The van der Waals surface area contributed by atoms with Crippen molar-refractivity contribution in [1.29, 1.82) is 0 Å². The molecule has 0 amide bonds. The molecule has 0 spiro atoms. The molecule has 0 aliphatic heterocycles. The molecule has 0 bridgehead atoms. The van der Waals surface area contributed by atoms with Crippen LogP contribution >= 0.6 is 15.9 Å². The van der Waals surface area contributed by atoms with Crippen LogP contribution in [0.5, 0.6) is 0 Å². The molecule has 1 saturated carbocycles. The standard InChI is InChI=1S/C16H19BrFN3/c1-11-8-14(17)15(18)9-16(11)19-10-12-6-7-21(20-12)13-4-2-3-5-13/h6-9,13,19H,2-5,10H2,1H3. The number of aryl methyl sites for hydroxylation is 1. The Morgan fingerprint density at radius 1 is 1.38 bits per heavy atom. The topological polar surface area (TPSA) is 29.9 Å². The molecule has 1 aliphatic carbocycles. The van der Waals surface area contributed by atoms with Crippen molar-refractivity contribution in [3.8, 4) is 0 Å². The van der Waals surface area contributed by atoms with Gasteiger partial charge in [0.25, 0.3) is 0 Å². The normalized spacial score (nSPS) is 15.6. The first kappa shape index (κ1) is 14.6. The highest BCUT2D eigenvalue weighted by atomic mass is 79.9. The van der Waals surface area contributed by atoms with Gasteiger partial charge in [-0.05, 0) is 59.5 Å². The first-order chi connectivity index (χ1) is 10.1. The van der Waals surface area contributed by atoms with E-state index in [1.165, 1.54) is 31.7 Å². The highest BCUT2D eigenvalue weighted by molar-refractivity contribution is 9.10. The summed E-state index contributed by atoms with van der Waals surface area (Å²) in [5.74, 6) is -0.250. The fraction of sp³-hybridized carbons (Fsp3) is 0.438. The summed E-state index contributed by atoms with van der Waals surface area (Å²) >= 11 is 3.20. The van der Waals surface area contributed by atoms with E-state index in [0.29, 0.717) is 17.1 Å². The van der Waals surface area contributed by atoms with Crippen LogP contribution in [0.15, 0.2) is 28.9 Å². The number of benzene rings is 1. The third-order valence-corrected chi connectivity index (χ3v) is 4.70. The summed E-state index contributed by atoms with van der Waals surface area (Å²) in [6.45, 7) is 2.57. The molecule has 112 valence electrons. The molecular formula is C16H19BrFN3. The second kappa shape index (κ2) is 6.18. The Kier molecular flexibility index (Phi) is 4.29. The third-order valence-electron chi connectivity index (χ3n) is 4.09. The molecule has 0 unspecified atom stereocenters. The van der Waals surface area contributed by atoms with Crippen molar-refractivity contribution < 1.29 is 4.39 Å². The zero-order valence-corrected chi connectivity index (χ0v) is 13.7. The molecule has 0 saturated heterocycles. The lowest BCUT2D eigenvalue weighted by atomic mass is 10.2. The Balaban J connectivity index is 1.66. The van der Waals surface area contributed by atoms with Crippen LogP contribution in [0.25, 0.3) is 0 Å². The van der Waals surface area contributed by atoms with E-state index in [4.69, 9.17) is 0 Å². The molecule has 5 heteroatoms. The zero-order valence-electron chi connectivity index (χ0n) is 12.1. The van der Waals surface area contributed by atoms with Gasteiger partial charge in [0.2, 0.25) is 0 Å². The van der Waals surface area contributed by atoms with Gasteiger partial charge < -0.3 is 5.32 Å². The molecule has 1 N–H and O–H groups in total. The van der Waals surface area contributed by atoms with E-state index < -0.39 is 0 Å². The molecule has 1 fully saturated rings. The maximum atomic E-state index is 13.6. The monoisotopic (exact) mass is 351 g/mol. The maximum absolute atomic E-state index is 13.6. The van der Waals surface area contributed by atoms with Crippen LogP contribution < -0.4 is 5.32 Å². The van der Waals surface area contributed by atoms with Crippen molar-refractivity contribution >= 4 is 21.6 Å². The number of rotatable bonds is 4. The van der Waals surface area contributed by atoms with Gasteiger partial charge in [0, 0.05) is 11.9 Å². The Labute approximate surface area is 132 Å². The molecule has 1 aromatic heterocycles. The summed E-state index contributed by atoms with van der Waals surface area (Å²) in [6, 6.07) is 5.91. The molecule has 1 aliphatic rings. The van der Waals surface area contributed by atoms with Crippen LogP contribution in [-0.4, -0.2) is 9.78 Å². The molecule has 0 radical (unpaired) electrons. The van der Waals surface area contributed by atoms with E-state index >= 15 is 0 Å². The van der Waals surface area contributed by atoms with E-state index in [1.54, 1.807) is 6.07 Å². The lowest BCUT2D eigenvalue weighted by Crippen LogP contribution is -2.07. The van der Waals surface area contributed by atoms with Gasteiger partial charge in [0.1, 0.15) is 5.82 Å². The number of halogens is 2. The van der Waals surface area contributed by atoms with E-state index in [-0.39, 0.29) is 5.82 Å². The summed E-state index contributed by atoms with van der Waals surface area (Å²) < 4.78 is 16.2. The summed E-state index contributed by atoms with van der Waals surface area (Å²) in [4.78, 5) is 0. The average molecular weight is 352 g/mol. The fourth-order valence-electron chi connectivity index (χ4n) is 2.87. The lowest BCUT2D eigenvalue weighted by molar-refractivity contribution is 0.463. The molecule has 0 atom stereocenters. The average Bonchev–Trinajstić information content (AvgIpc) is 3.11. The summed E-state index contributed by atoms with van der Waals surface area (Å²) in [6.07, 6.45) is 7.12. The van der Waals surface area contributed by atoms with Crippen molar-refractivity contribution in [3.05, 3.63) is 45.9 Å². The van der Waals surface area contributed by atoms with Gasteiger partial charge >= 0.3 is 0 Å². The third kappa shape index (κ3) is 3.28. The minimum atomic E-state index is -0.250. The van der Waals surface area contributed by atoms with E-state index in [9.17, 15) is 4.39 Å². The number of anilines is 1. The van der Waals surface area contributed by atoms with Gasteiger partial charge in [-0.15, -0.1) is 0 Å². The largest absolute Gasteiger partial charge is 0.379 e. The van der Waals surface area contributed by atoms with Crippen molar-refractivity contribution in [2.45, 2.75) is 45.2 Å². The van der Waals surface area contributed by atoms with Crippen LogP contribution in [0.2, 0.25) is 0 Å². The molecule has 21 heavy (non-hydrogen) atoms. The first-order valence-electron chi connectivity index (χ1n) is 7.37. The van der Waals surface area contributed by atoms with Gasteiger partial charge in [0.05, 0.1) is 22.8 Å². The quantitative estimate of drug-likeness (QED) is 0.855. The highest BCUT2D eigenvalue weighted by Gasteiger charge is 2.17. The van der Waals surface area contributed by atoms with Crippen LogP contribution in [-0.2, 0) is 6.54 Å². The highest BCUT2D eigenvalue weighted by Crippen LogP contribution is 2.29. The Hall–Kier alpha value is -1.36. The zero-order chi connectivity index (χ0) is 14.8. The van der Waals surface area contributed by atoms with Gasteiger partial charge in [-0.25, -0.2) is 4.39 Å². The van der Waals surface area contributed by atoms with E-state index in [2.05, 4.69) is 37.2 Å². The first-order valence-corrected chi connectivity index (χ1v) is 8.16. The van der Waals surface area contributed by atoms with Crippen molar-refractivity contribution in [2.24, 2.45) is 0 Å². The molecule has 3 nitrogen and oxygen atoms in total. The van der Waals surface area contributed by atoms with Crippen LogP contribution in [0.4, 0.5) is 10.1 Å². The van der Waals surface area contributed by atoms with Crippen LogP contribution in [0, 0.1) is 12.7 Å². The van der Waals surface area contributed by atoms with Crippen LogP contribution in [0.1, 0.15) is 43.0 Å². The Morgan fingerprint density at radius 2 is 2.14 bits per heavy atom. The predicted octanol–water partition coefficient (Wildman–Crippen LogP) is 4.82. The number of hydrogen-bond donors (Lipinski definition) is 1. The fourth-order valence-corrected chi connectivity index (χ4v) is 3.32. The van der Waals surface area contributed by atoms with Gasteiger partial charge in [0.15, 0.2) is 0 Å². The number of nitrogens with zero attached hydrogens (tertiary/aromatic N) is 2. The second-order valence-corrected chi connectivity index (χ2v) is 6.51. The lowest BCUT2D eigenvalue weighted by Gasteiger charge is -2.10. The van der Waals surface area contributed by atoms with E-state index in [1.807, 2.05) is 13.0 Å². The SMILES string of the molecule is Cc1cc(Br)c(F)cc1NCc1ccn(C2CCCC2)n1. The van der Waals surface area contributed by atoms with Gasteiger partial charge in [-0.3, -0.25) is 4.68 Å². The minimum absolute atomic E-state index is 0.250. The van der Waals surface area contributed by atoms with Crippen molar-refractivity contribution in [2.75, 3.05) is 5.32 Å². The summed E-state index contributed by atoms with van der Waals surface area (Å²) in [5.41, 5.74) is 2.81. The predicted molar refractivity (Wildman–Crippen MR) is 85.9 cm³/mol. The maximum Gasteiger partial charge on any atom is 0.139 e. The van der Waals surface area contributed by atoms with Crippen molar-refractivity contribution in [1.82, 2.24) is 9.78 Å². The Morgan fingerprint density at radius 3 is 2.90 bits per heavy atom. The van der Waals surface area contributed by atoms with Gasteiger partial charge in [-0.1, -0.05) is 12.8 Å². The summed E-state index contributed by atoms with van der Waals surface area (Å²) in [5, 5.41) is 7.89. The van der Waals surface area contributed by atoms with E-state index in [0.717, 1.165) is 16.9 Å². The van der Waals surface area contributed by atoms with Crippen LogP contribution in [0.3, 0.4) is 0 Å². The number of nitrogens with one attached hydrogen (secondary N) is 1. The van der Waals surface area contributed by atoms with Crippen molar-refractivity contribution in [3.63, 3.8) is 0 Å². The van der Waals surface area contributed by atoms with Gasteiger partial charge in [-0.2, -0.15) is 5.10 Å². The minimum Gasteiger partial charge on any atom is -0.379 e. The second-order valence-electron chi connectivity index (χ2n) is 5.66. The molecule has 1 heterocycles. The smallest absolute Gasteiger partial charge is 0.139 e. The Bertz CT molecular complexity index is 632. The molecule has 1 aromatic carbocycles.